The summed E-state index contributed by atoms with van der Waals surface area (Å²) in [6.45, 7) is 4.23. The third kappa shape index (κ3) is 3.16. The number of ether oxygens (including phenoxy) is 1. The molecule has 0 bridgehead atoms. The summed E-state index contributed by atoms with van der Waals surface area (Å²) in [6.07, 6.45) is 2.01. The Labute approximate surface area is 113 Å². The van der Waals surface area contributed by atoms with Crippen molar-refractivity contribution in [3.8, 4) is 0 Å². The number of hydrogen-bond donors (Lipinski definition) is 1. The number of furan rings is 1. The Bertz CT molecular complexity index is 421. The van der Waals surface area contributed by atoms with Crippen molar-refractivity contribution in [2.45, 2.75) is 25.8 Å². The van der Waals surface area contributed by atoms with Gasteiger partial charge < -0.3 is 14.3 Å². The van der Waals surface area contributed by atoms with E-state index in [0.717, 1.165) is 31.7 Å². The van der Waals surface area contributed by atoms with Gasteiger partial charge in [-0.2, -0.15) is 0 Å². The Balaban J connectivity index is 1.98. The fraction of sp³-hybridized carbons (Fsp3) is 0.643. The Morgan fingerprint density at radius 2 is 2.21 bits per heavy atom. The third-order valence-electron chi connectivity index (χ3n) is 3.88. The SMILES string of the molecule is COC(=O)c1ccc(C(C)N2CCC(CO)CC2)o1. The highest BCUT2D eigenvalue weighted by Crippen LogP contribution is 2.27. The summed E-state index contributed by atoms with van der Waals surface area (Å²) in [6, 6.07) is 3.62. The van der Waals surface area contributed by atoms with Gasteiger partial charge in [-0.1, -0.05) is 0 Å². The van der Waals surface area contributed by atoms with Crippen molar-refractivity contribution in [3.63, 3.8) is 0 Å². The number of likely N-dealkylation sites (tertiary alicyclic amines) is 1. The number of esters is 1. The van der Waals surface area contributed by atoms with E-state index in [4.69, 9.17) is 9.52 Å². The highest BCUT2D eigenvalue weighted by atomic mass is 16.5. The summed E-state index contributed by atoms with van der Waals surface area (Å²) in [5, 5.41) is 9.14. The van der Waals surface area contributed by atoms with E-state index in [0.29, 0.717) is 5.92 Å². The molecule has 1 aromatic heterocycles. The molecule has 0 spiro atoms. The standard InChI is InChI=1S/C14H21NO4/c1-10(15-7-5-11(9-16)6-8-15)12-3-4-13(19-12)14(17)18-2/h3-4,10-11,16H,5-9H2,1-2H3. The Morgan fingerprint density at radius 1 is 1.53 bits per heavy atom. The number of rotatable bonds is 4. The van der Waals surface area contributed by atoms with Gasteiger partial charge in [0.15, 0.2) is 0 Å². The van der Waals surface area contributed by atoms with Crippen LogP contribution in [-0.4, -0.2) is 42.8 Å². The monoisotopic (exact) mass is 267 g/mol. The molecule has 2 heterocycles. The van der Waals surface area contributed by atoms with E-state index in [2.05, 4.69) is 16.6 Å². The van der Waals surface area contributed by atoms with Crippen LogP contribution in [0.4, 0.5) is 0 Å². The molecule has 0 aromatic carbocycles. The van der Waals surface area contributed by atoms with Crippen molar-refractivity contribution < 1.29 is 19.1 Å². The lowest BCUT2D eigenvalue weighted by atomic mass is 9.96. The summed E-state index contributed by atoms with van der Waals surface area (Å²) >= 11 is 0. The number of nitrogens with zero attached hydrogens (tertiary/aromatic N) is 1. The van der Waals surface area contributed by atoms with Gasteiger partial charge in [0.1, 0.15) is 5.76 Å². The molecule has 1 unspecified atom stereocenters. The van der Waals surface area contributed by atoms with Crippen LogP contribution in [0.2, 0.25) is 0 Å². The summed E-state index contributed by atoms with van der Waals surface area (Å²) in [5.41, 5.74) is 0. The molecule has 0 radical (unpaired) electrons. The number of aliphatic hydroxyl groups is 1. The Kier molecular flexibility index (Phi) is 4.61. The predicted molar refractivity (Wildman–Crippen MR) is 69.8 cm³/mol. The topological polar surface area (TPSA) is 62.9 Å². The first-order chi connectivity index (χ1) is 9.15. The van der Waals surface area contributed by atoms with Gasteiger partial charge >= 0.3 is 5.97 Å². The maximum absolute atomic E-state index is 11.4. The number of piperidine rings is 1. The van der Waals surface area contributed by atoms with Crippen LogP contribution in [0.3, 0.4) is 0 Å². The highest BCUT2D eigenvalue weighted by Gasteiger charge is 2.25. The van der Waals surface area contributed by atoms with Crippen LogP contribution >= 0.6 is 0 Å². The van der Waals surface area contributed by atoms with Gasteiger partial charge in [-0.25, -0.2) is 4.79 Å². The van der Waals surface area contributed by atoms with E-state index >= 15 is 0 Å². The molecule has 0 amide bonds. The molecule has 19 heavy (non-hydrogen) atoms. The Hall–Kier alpha value is -1.33. The molecular weight excluding hydrogens is 246 g/mol. The Morgan fingerprint density at radius 3 is 2.79 bits per heavy atom. The third-order valence-corrected chi connectivity index (χ3v) is 3.88. The van der Waals surface area contributed by atoms with Crippen LogP contribution in [0.5, 0.6) is 0 Å². The molecule has 1 aliphatic heterocycles. The summed E-state index contributed by atoms with van der Waals surface area (Å²) < 4.78 is 10.2. The fourth-order valence-corrected chi connectivity index (χ4v) is 2.49. The average molecular weight is 267 g/mol. The van der Waals surface area contributed by atoms with E-state index in [1.807, 2.05) is 6.07 Å². The molecule has 1 N–H and O–H groups in total. The van der Waals surface area contributed by atoms with E-state index in [1.165, 1.54) is 7.11 Å². The minimum absolute atomic E-state index is 0.137. The van der Waals surface area contributed by atoms with Crippen LogP contribution < -0.4 is 0 Å². The smallest absolute Gasteiger partial charge is 0.373 e. The second-order valence-electron chi connectivity index (χ2n) is 5.03. The normalized spacial score (nSPS) is 19.3. The minimum Gasteiger partial charge on any atom is -0.463 e. The van der Waals surface area contributed by atoms with Crippen molar-refractivity contribution in [1.29, 1.82) is 0 Å². The van der Waals surface area contributed by atoms with E-state index in [9.17, 15) is 4.79 Å². The zero-order valence-electron chi connectivity index (χ0n) is 11.5. The molecule has 1 aliphatic rings. The van der Waals surface area contributed by atoms with Gasteiger partial charge in [-0.3, -0.25) is 4.90 Å². The number of methoxy groups -OCH3 is 1. The molecule has 1 atom stereocenters. The molecule has 5 heteroatoms. The van der Waals surface area contributed by atoms with Crippen molar-refractivity contribution >= 4 is 5.97 Å². The van der Waals surface area contributed by atoms with Crippen LogP contribution in [-0.2, 0) is 4.74 Å². The van der Waals surface area contributed by atoms with Gasteiger partial charge in [-0.15, -0.1) is 0 Å². The maximum atomic E-state index is 11.4. The second-order valence-corrected chi connectivity index (χ2v) is 5.03. The highest BCUT2D eigenvalue weighted by molar-refractivity contribution is 5.86. The lowest BCUT2D eigenvalue weighted by Crippen LogP contribution is -2.36. The van der Waals surface area contributed by atoms with Crippen LogP contribution in [0.15, 0.2) is 16.5 Å². The summed E-state index contributed by atoms with van der Waals surface area (Å²) in [7, 11) is 1.34. The molecule has 1 fully saturated rings. The van der Waals surface area contributed by atoms with Crippen molar-refractivity contribution in [3.05, 3.63) is 23.7 Å². The zero-order valence-corrected chi connectivity index (χ0v) is 11.5. The first-order valence-electron chi connectivity index (χ1n) is 6.68. The molecule has 0 aliphatic carbocycles. The van der Waals surface area contributed by atoms with Gasteiger partial charge in [-0.05, 0) is 50.9 Å². The van der Waals surface area contributed by atoms with Crippen LogP contribution in [0.1, 0.15) is 42.1 Å². The van der Waals surface area contributed by atoms with E-state index < -0.39 is 5.97 Å². The first-order valence-corrected chi connectivity index (χ1v) is 6.68. The molecule has 5 nitrogen and oxygen atoms in total. The van der Waals surface area contributed by atoms with E-state index in [1.54, 1.807) is 6.07 Å². The average Bonchev–Trinajstić information content (AvgIpc) is 2.95. The summed E-state index contributed by atoms with van der Waals surface area (Å²) in [5.74, 6) is 1.00. The molecule has 106 valence electrons. The minimum atomic E-state index is -0.447. The van der Waals surface area contributed by atoms with Gasteiger partial charge in [0.05, 0.1) is 13.2 Å². The van der Waals surface area contributed by atoms with Crippen molar-refractivity contribution in [1.82, 2.24) is 4.90 Å². The number of hydrogen-bond acceptors (Lipinski definition) is 5. The van der Waals surface area contributed by atoms with Crippen LogP contribution in [0.25, 0.3) is 0 Å². The lowest BCUT2D eigenvalue weighted by molar-refractivity contribution is 0.0554. The number of aliphatic hydroxyl groups excluding tert-OH is 1. The molecule has 1 saturated heterocycles. The first kappa shape index (κ1) is 14.1. The molecule has 2 rings (SSSR count). The molecular formula is C14H21NO4. The van der Waals surface area contributed by atoms with E-state index in [-0.39, 0.29) is 18.4 Å². The summed E-state index contributed by atoms with van der Waals surface area (Å²) in [4.78, 5) is 13.7. The van der Waals surface area contributed by atoms with Gasteiger partial charge in [0.2, 0.25) is 5.76 Å². The predicted octanol–water partition coefficient (Wildman–Crippen LogP) is 1.83. The lowest BCUT2D eigenvalue weighted by Gasteiger charge is -2.34. The van der Waals surface area contributed by atoms with Crippen molar-refractivity contribution in [2.75, 3.05) is 26.8 Å². The zero-order chi connectivity index (χ0) is 13.8. The quantitative estimate of drug-likeness (QED) is 0.843. The number of carbonyl (C=O) groups excluding carboxylic acids is 1. The van der Waals surface area contributed by atoms with Crippen LogP contribution in [0, 0.1) is 5.92 Å². The van der Waals surface area contributed by atoms with Crippen molar-refractivity contribution in [2.24, 2.45) is 5.92 Å². The number of carbonyl (C=O) groups is 1. The second kappa shape index (κ2) is 6.21. The largest absolute Gasteiger partial charge is 0.463 e. The molecule has 1 aromatic rings. The van der Waals surface area contributed by atoms with Gasteiger partial charge in [0.25, 0.3) is 0 Å². The molecule has 0 saturated carbocycles. The van der Waals surface area contributed by atoms with Gasteiger partial charge in [0, 0.05) is 6.61 Å². The fourth-order valence-electron chi connectivity index (χ4n) is 2.49. The maximum Gasteiger partial charge on any atom is 0.373 e.